The van der Waals surface area contributed by atoms with Crippen LogP contribution in [0.2, 0.25) is 0 Å². The number of nitrogens with one attached hydrogen (secondary N) is 3. The Morgan fingerprint density at radius 1 is 1.05 bits per heavy atom. The number of hydrogen-bond acceptors (Lipinski definition) is 6. The Balaban J connectivity index is 0.00000423. The maximum absolute atomic E-state index is 13.2. The van der Waals surface area contributed by atoms with Gasteiger partial charge >= 0.3 is 0 Å². The van der Waals surface area contributed by atoms with Gasteiger partial charge in [-0.2, -0.15) is 0 Å². The summed E-state index contributed by atoms with van der Waals surface area (Å²) >= 11 is 0. The van der Waals surface area contributed by atoms with Crippen molar-refractivity contribution in [3.63, 3.8) is 0 Å². The average Bonchev–Trinajstić information content (AvgIpc) is 3.62. The van der Waals surface area contributed by atoms with Crippen molar-refractivity contribution < 1.29 is 18.8 Å². The predicted molar refractivity (Wildman–Crippen MR) is 170 cm³/mol. The zero-order valence-corrected chi connectivity index (χ0v) is 25.8. The Hall–Kier alpha value is -3.72. The summed E-state index contributed by atoms with van der Waals surface area (Å²) < 4.78 is 18.6. The van der Waals surface area contributed by atoms with Crippen LogP contribution in [0.15, 0.2) is 83.4 Å². The van der Waals surface area contributed by atoms with Gasteiger partial charge in [-0.25, -0.2) is 4.39 Å². The van der Waals surface area contributed by atoms with Gasteiger partial charge in [-0.05, 0) is 77.8 Å². The lowest BCUT2D eigenvalue weighted by molar-refractivity contribution is -0.120. The third kappa shape index (κ3) is 8.22. The molecule has 1 saturated carbocycles. The van der Waals surface area contributed by atoms with Crippen LogP contribution in [-0.2, 0) is 22.2 Å². The molecule has 7 nitrogen and oxygen atoms in total. The monoisotopic (exact) mass is 606 g/mol. The standard InChI is InChI=1S/C34H39FN4O3.ClH/c1-22(40)37-29(30(41)21-36-34(16-17-34)26-7-5-6-25(19-26)33(2,3)4)18-23-8-14-28(15-9-23)38-32-20-31(42-39-32)24-10-12-27(35)13-11-24;/h5-15,19-20,29-30,36,41H,16-18,21H2,1-4H3,(H,37,40)(H,38,39);1H/t29-,30-;/m0./s1. The molecule has 0 saturated heterocycles. The Bertz CT molecular complexity index is 1510. The van der Waals surface area contributed by atoms with E-state index in [0.29, 0.717) is 24.5 Å². The fourth-order valence-electron chi connectivity index (χ4n) is 5.17. The summed E-state index contributed by atoms with van der Waals surface area (Å²) in [5, 5.41) is 25.0. The third-order valence-electron chi connectivity index (χ3n) is 7.85. The minimum absolute atomic E-state index is 0. The van der Waals surface area contributed by atoms with Crippen molar-refractivity contribution in [2.24, 2.45) is 0 Å². The molecule has 5 rings (SSSR count). The molecule has 3 aromatic carbocycles. The number of halogens is 2. The van der Waals surface area contributed by atoms with E-state index in [2.05, 4.69) is 66.1 Å². The number of hydrogen-bond donors (Lipinski definition) is 4. The van der Waals surface area contributed by atoms with Crippen LogP contribution < -0.4 is 16.0 Å². The van der Waals surface area contributed by atoms with E-state index in [1.54, 1.807) is 18.2 Å². The first-order valence-corrected chi connectivity index (χ1v) is 14.4. The lowest BCUT2D eigenvalue weighted by Gasteiger charge is -2.28. The number of carbonyl (C=O) groups excluding carboxylic acids is 1. The Morgan fingerprint density at radius 3 is 2.37 bits per heavy atom. The van der Waals surface area contributed by atoms with E-state index < -0.39 is 12.1 Å². The smallest absolute Gasteiger partial charge is 0.217 e. The zero-order valence-electron chi connectivity index (χ0n) is 25.0. The molecule has 4 N–H and O–H groups in total. The van der Waals surface area contributed by atoms with Crippen LogP contribution >= 0.6 is 12.4 Å². The van der Waals surface area contributed by atoms with Crippen LogP contribution in [0.5, 0.6) is 0 Å². The fourth-order valence-corrected chi connectivity index (χ4v) is 5.17. The highest BCUT2D eigenvalue weighted by molar-refractivity contribution is 5.85. The molecular formula is C34H40ClFN4O3. The molecule has 0 spiro atoms. The highest BCUT2D eigenvalue weighted by atomic mass is 35.5. The summed E-state index contributed by atoms with van der Waals surface area (Å²) in [6, 6.07) is 23.8. The van der Waals surface area contributed by atoms with Crippen molar-refractivity contribution in [2.75, 3.05) is 11.9 Å². The number of nitrogens with zero attached hydrogens (tertiary/aromatic N) is 1. The first-order chi connectivity index (χ1) is 20.0. The minimum atomic E-state index is -0.769. The second-order valence-corrected chi connectivity index (χ2v) is 12.3. The summed E-state index contributed by atoms with van der Waals surface area (Å²) in [4.78, 5) is 12.0. The molecule has 0 bridgehead atoms. The van der Waals surface area contributed by atoms with Crippen LogP contribution in [0.3, 0.4) is 0 Å². The number of carbonyl (C=O) groups is 1. The van der Waals surface area contributed by atoms with E-state index in [9.17, 15) is 14.3 Å². The molecule has 9 heteroatoms. The number of amides is 1. The van der Waals surface area contributed by atoms with Crippen molar-refractivity contribution in [3.8, 4) is 11.3 Å². The number of aliphatic hydroxyl groups is 1. The molecule has 4 aromatic rings. The quantitative estimate of drug-likeness (QED) is 0.153. The SMILES string of the molecule is CC(=O)N[C@@H](Cc1ccc(Nc2cc(-c3ccc(F)cc3)on2)cc1)[C@@H](O)CNC1(c2cccc(C(C)(C)C)c2)CC1.Cl. The second-order valence-electron chi connectivity index (χ2n) is 12.3. The Labute approximate surface area is 258 Å². The summed E-state index contributed by atoms with van der Waals surface area (Å²) in [6.45, 7) is 8.48. The first-order valence-electron chi connectivity index (χ1n) is 14.4. The number of benzene rings is 3. The van der Waals surface area contributed by atoms with Crippen LogP contribution in [-0.4, -0.2) is 34.9 Å². The van der Waals surface area contributed by atoms with Crippen LogP contribution in [0.25, 0.3) is 11.3 Å². The normalized spacial score (nSPS) is 15.2. The van der Waals surface area contributed by atoms with E-state index in [4.69, 9.17) is 4.52 Å². The second kappa shape index (κ2) is 13.3. The molecule has 43 heavy (non-hydrogen) atoms. The number of aromatic nitrogens is 1. The molecular weight excluding hydrogens is 567 g/mol. The molecule has 1 aliphatic carbocycles. The number of rotatable bonds is 11. The van der Waals surface area contributed by atoms with Gasteiger partial charge in [0, 0.05) is 36.3 Å². The number of aliphatic hydroxyl groups excluding tert-OH is 1. The van der Waals surface area contributed by atoms with Crippen LogP contribution in [0, 0.1) is 5.82 Å². The van der Waals surface area contributed by atoms with Gasteiger partial charge < -0.3 is 25.6 Å². The molecule has 1 aromatic heterocycles. The molecule has 1 aliphatic rings. The largest absolute Gasteiger partial charge is 0.390 e. The van der Waals surface area contributed by atoms with Crippen molar-refractivity contribution in [2.45, 2.75) is 70.1 Å². The Kier molecular flexibility index (Phi) is 9.95. The predicted octanol–water partition coefficient (Wildman–Crippen LogP) is 6.63. The van der Waals surface area contributed by atoms with E-state index in [0.717, 1.165) is 29.7 Å². The van der Waals surface area contributed by atoms with Gasteiger partial charge in [0.1, 0.15) is 5.82 Å². The maximum Gasteiger partial charge on any atom is 0.217 e. The van der Waals surface area contributed by atoms with E-state index in [-0.39, 0.29) is 35.1 Å². The molecule has 1 amide bonds. The van der Waals surface area contributed by atoms with Crippen molar-refractivity contribution >= 4 is 29.8 Å². The summed E-state index contributed by atoms with van der Waals surface area (Å²) in [5.74, 6) is 0.570. The van der Waals surface area contributed by atoms with Crippen molar-refractivity contribution in [1.82, 2.24) is 15.8 Å². The topological polar surface area (TPSA) is 99.4 Å². The van der Waals surface area contributed by atoms with E-state index in [1.165, 1.54) is 30.2 Å². The van der Waals surface area contributed by atoms with E-state index in [1.807, 2.05) is 24.3 Å². The van der Waals surface area contributed by atoms with Gasteiger partial charge in [-0.15, -0.1) is 12.4 Å². The molecule has 0 aliphatic heterocycles. The molecule has 2 atom stereocenters. The van der Waals surface area contributed by atoms with E-state index >= 15 is 0 Å². The molecule has 228 valence electrons. The Morgan fingerprint density at radius 2 is 1.74 bits per heavy atom. The van der Waals surface area contributed by atoms with Gasteiger partial charge in [-0.3, -0.25) is 4.79 Å². The summed E-state index contributed by atoms with van der Waals surface area (Å²) in [7, 11) is 0. The van der Waals surface area contributed by atoms with Crippen LogP contribution in [0.4, 0.5) is 15.9 Å². The fraction of sp³-hybridized carbons (Fsp3) is 0.353. The molecule has 0 radical (unpaired) electrons. The van der Waals surface area contributed by atoms with Gasteiger partial charge in [-0.1, -0.05) is 62.3 Å². The molecule has 0 unspecified atom stereocenters. The number of anilines is 2. The average molecular weight is 607 g/mol. The summed E-state index contributed by atoms with van der Waals surface area (Å²) in [5.41, 5.74) is 4.99. The minimum Gasteiger partial charge on any atom is -0.390 e. The maximum atomic E-state index is 13.2. The highest BCUT2D eigenvalue weighted by Gasteiger charge is 2.44. The van der Waals surface area contributed by atoms with Gasteiger partial charge in [0.05, 0.1) is 12.1 Å². The lowest BCUT2D eigenvalue weighted by atomic mass is 9.85. The molecule has 1 fully saturated rings. The summed E-state index contributed by atoms with van der Waals surface area (Å²) in [6.07, 6.45) is 1.75. The molecule has 1 heterocycles. The van der Waals surface area contributed by atoms with Crippen LogP contribution in [0.1, 0.15) is 57.2 Å². The third-order valence-corrected chi connectivity index (χ3v) is 7.85. The first kappa shape index (κ1) is 32.2. The van der Waals surface area contributed by atoms with Gasteiger partial charge in [0.15, 0.2) is 11.6 Å². The van der Waals surface area contributed by atoms with Crippen molar-refractivity contribution in [1.29, 1.82) is 0 Å². The zero-order chi connectivity index (χ0) is 29.9. The lowest BCUT2D eigenvalue weighted by Crippen LogP contribution is -2.49. The highest BCUT2D eigenvalue weighted by Crippen LogP contribution is 2.46. The van der Waals surface area contributed by atoms with Crippen molar-refractivity contribution in [3.05, 3.63) is 101 Å². The van der Waals surface area contributed by atoms with Gasteiger partial charge in [0.2, 0.25) is 5.91 Å². The van der Waals surface area contributed by atoms with Gasteiger partial charge in [0.25, 0.3) is 0 Å².